The van der Waals surface area contributed by atoms with Gasteiger partial charge in [-0.1, -0.05) is 12.1 Å². The monoisotopic (exact) mass is 220 g/mol. The van der Waals surface area contributed by atoms with Crippen LogP contribution in [0.5, 0.6) is 0 Å². The second kappa shape index (κ2) is 4.14. The number of rotatable bonds is 5. The number of carboxylic acid groups (broad SMARTS) is 1. The Kier molecular flexibility index (Phi) is 2.83. The van der Waals surface area contributed by atoms with E-state index in [1.54, 1.807) is 0 Å². The van der Waals surface area contributed by atoms with E-state index < -0.39 is 5.97 Å². The molecular weight excluding hydrogens is 204 g/mol. The number of carboxylic acids is 1. The van der Waals surface area contributed by atoms with Crippen molar-refractivity contribution in [3.8, 4) is 0 Å². The Hall–Kier alpha value is -1.55. The summed E-state index contributed by atoms with van der Waals surface area (Å²) in [6, 6.07) is 7.44. The predicted octanol–water partition coefficient (Wildman–Crippen LogP) is 1.22. The molecular formula is C12H16N2O2. The van der Waals surface area contributed by atoms with Crippen LogP contribution in [-0.2, 0) is 11.2 Å². The molecule has 0 heterocycles. The molecule has 0 aliphatic heterocycles. The molecule has 4 N–H and O–H groups in total. The molecule has 4 heteroatoms. The molecule has 0 saturated heterocycles. The highest BCUT2D eigenvalue weighted by Crippen LogP contribution is 2.32. The Balaban J connectivity index is 1.88. The summed E-state index contributed by atoms with van der Waals surface area (Å²) in [7, 11) is 0. The Morgan fingerprint density at radius 3 is 2.50 bits per heavy atom. The van der Waals surface area contributed by atoms with E-state index in [1.807, 2.05) is 24.3 Å². The molecule has 0 amide bonds. The number of nitrogens with one attached hydrogen (secondary N) is 1. The lowest BCUT2D eigenvalue weighted by molar-refractivity contribution is -0.136. The van der Waals surface area contributed by atoms with Crippen LogP contribution in [0.15, 0.2) is 24.3 Å². The van der Waals surface area contributed by atoms with Crippen LogP contribution in [0, 0.1) is 0 Å². The summed E-state index contributed by atoms with van der Waals surface area (Å²) in [5.41, 5.74) is 7.74. The highest BCUT2D eigenvalue weighted by molar-refractivity contribution is 5.70. The van der Waals surface area contributed by atoms with Crippen molar-refractivity contribution in [2.24, 2.45) is 5.73 Å². The van der Waals surface area contributed by atoms with Crippen LogP contribution < -0.4 is 11.1 Å². The minimum Gasteiger partial charge on any atom is -0.481 e. The van der Waals surface area contributed by atoms with Crippen molar-refractivity contribution in [3.05, 3.63) is 29.8 Å². The molecule has 0 spiro atoms. The molecule has 0 atom stereocenters. The number of benzene rings is 1. The Bertz CT molecular complexity index is 383. The van der Waals surface area contributed by atoms with Crippen LogP contribution in [0.2, 0.25) is 0 Å². The van der Waals surface area contributed by atoms with E-state index >= 15 is 0 Å². The normalized spacial score (nSPS) is 16.8. The van der Waals surface area contributed by atoms with Gasteiger partial charge in [-0.15, -0.1) is 0 Å². The predicted molar refractivity (Wildman–Crippen MR) is 62.4 cm³/mol. The summed E-state index contributed by atoms with van der Waals surface area (Å²) in [6.07, 6.45) is 2.23. The molecule has 2 rings (SSSR count). The molecule has 0 radical (unpaired) electrons. The standard InChI is InChI=1S/C12H16N2O2/c13-12(5-6-12)8-14-10-3-1-9(2-4-10)7-11(15)16/h1-4,14H,5-8,13H2,(H,15,16). The van der Waals surface area contributed by atoms with Gasteiger partial charge >= 0.3 is 5.97 Å². The lowest BCUT2D eigenvalue weighted by Gasteiger charge is -2.11. The maximum absolute atomic E-state index is 10.5. The Morgan fingerprint density at radius 1 is 1.38 bits per heavy atom. The van der Waals surface area contributed by atoms with Gasteiger partial charge in [0.25, 0.3) is 0 Å². The number of hydrogen-bond acceptors (Lipinski definition) is 3. The van der Waals surface area contributed by atoms with Crippen LogP contribution in [0.1, 0.15) is 18.4 Å². The van der Waals surface area contributed by atoms with E-state index in [9.17, 15) is 4.79 Å². The van der Waals surface area contributed by atoms with Gasteiger partial charge in [0.2, 0.25) is 0 Å². The first-order valence-corrected chi connectivity index (χ1v) is 5.41. The third-order valence-corrected chi connectivity index (χ3v) is 2.85. The van der Waals surface area contributed by atoms with Crippen molar-refractivity contribution in [1.82, 2.24) is 0 Å². The van der Waals surface area contributed by atoms with Gasteiger partial charge in [-0.3, -0.25) is 4.79 Å². The van der Waals surface area contributed by atoms with Gasteiger partial charge in [0.1, 0.15) is 0 Å². The summed E-state index contributed by atoms with van der Waals surface area (Å²) in [4.78, 5) is 10.5. The van der Waals surface area contributed by atoms with E-state index in [0.29, 0.717) is 0 Å². The zero-order chi connectivity index (χ0) is 11.6. The first kappa shape index (κ1) is 11.0. The minimum atomic E-state index is -0.806. The van der Waals surface area contributed by atoms with Gasteiger partial charge in [0.05, 0.1) is 6.42 Å². The number of anilines is 1. The van der Waals surface area contributed by atoms with Crippen molar-refractivity contribution < 1.29 is 9.90 Å². The van der Waals surface area contributed by atoms with Crippen LogP contribution in [0.25, 0.3) is 0 Å². The lowest BCUT2D eigenvalue weighted by Crippen LogP contribution is -2.31. The van der Waals surface area contributed by atoms with Crippen molar-refractivity contribution in [3.63, 3.8) is 0 Å². The minimum absolute atomic E-state index is 0.0142. The van der Waals surface area contributed by atoms with Crippen molar-refractivity contribution in [2.45, 2.75) is 24.8 Å². The van der Waals surface area contributed by atoms with Gasteiger partial charge in [-0.2, -0.15) is 0 Å². The average Bonchev–Trinajstić information content (AvgIpc) is 2.96. The molecule has 86 valence electrons. The average molecular weight is 220 g/mol. The van der Waals surface area contributed by atoms with E-state index in [-0.39, 0.29) is 12.0 Å². The lowest BCUT2D eigenvalue weighted by atomic mass is 10.1. The number of hydrogen-bond donors (Lipinski definition) is 3. The van der Waals surface area contributed by atoms with Crippen molar-refractivity contribution in [2.75, 3.05) is 11.9 Å². The summed E-state index contributed by atoms with van der Waals surface area (Å²) in [6.45, 7) is 0.783. The summed E-state index contributed by atoms with van der Waals surface area (Å²) < 4.78 is 0. The van der Waals surface area contributed by atoms with E-state index in [2.05, 4.69) is 5.32 Å². The topological polar surface area (TPSA) is 75.3 Å². The molecule has 0 aromatic heterocycles. The summed E-state index contributed by atoms with van der Waals surface area (Å²) >= 11 is 0. The zero-order valence-electron chi connectivity index (χ0n) is 9.07. The van der Waals surface area contributed by atoms with Crippen LogP contribution in [0.3, 0.4) is 0 Å². The van der Waals surface area contributed by atoms with Gasteiger partial charge in [0, 0.05) is 17.8 Å². The number of aliphatic carboxylic acids is 1. The van der Waals surface area contributed by atoms with Gasteiger partial charge in [-0.25, -0.2) is 0 Å². The molecule has 4 nitrogen and oxygen atoms in total. The molecule has 1 fully saturated rings. The second-order valence-corrected chi connectivity index (χ2v) is 4.48. The van der Waals surface area contributed by atoms with Crippen LogP contribution >= 0.6 is 0 Å². The molecule has 1 aromatic carbocycles. The molecule has 0 bridgehead atoms. The molecule has 16 heavy (non-hydrogen) atoms. The fraction of sp³-hybridized carbons (Fsp3) is 0.417. The first-order valence-electron chi connectivity index (χ1n) is 5.41. The SMILES string of the molecule is NC1(CNc2ccc(CC(=O)O)cc2)CC1. The van der Waals surface area contributed by atoms with Gasteiger partial charge < -0.3 is 16.2 Å². The highest BCUT2D eigenvalue weighted by atomic mass is 16.4. The summed E-state index contributed by atoms with van der Waals surface area (Å²) in [5, 5.41) is 11.9. The maximum atomic E-state index is 10.5. The maximum Gasteiger partial charge on any atom is 0.307 e. The van der Waals surface area contributed by atoms with Crippen LogP contribution in [-0.4, -0.2) is 23.2 Å². The molecule has 1 aromatic rings. The molecule has 1 saturated carbocycles. The molecule has 0 unspecified atom stereocenters. The Morgan fingerprint density at radius 2 is 2.00 bits per heavy atom. The fourth-order valence-corrected chi connectivity index (χ4v) is 1.53. The van der Waals surface area contributed by atoms with Gasteiger partial charge in [-0.05, 0) is 30.5 Å². The van der Waals surface area contributed by atoms with Crippen molar-refractivity contribution >= 4 is 11.7 Å². The fourth-order valence-electron chi connectivity index (χ4n) is 1.53. The highest BCUT2D eigenvalue weighted by Gasteiger charge is 2.37. The van der Waals surface area contributed by atoms with Crippen molar-refractivity contribution in [1.29, 1.82) is 0 Å². The molecule has 1 aliphatic rings. The largest absolute Gasteiger partial charge is 0.481 e. The Labute approximate surface area is 94.5 Å². The zero-order valence-corrected chi connectivity index (χ0v) is 9.07. The van der Waals surface area contributed by atoms with Gasteiger partial charge in [0.15, 0.2) is 0 Å². The number of carbonyl (C=O) groups is 1. The van der Waals surface area contributed by atoms with E-state index in [0.717, 1.165) is 30.6 Å². The first-order chi connectivity index (χ1) is 7.57. The quantitative estimate of drug-likeness (QED) is 0.697. The summed E-state index contributed by atoms with van der Waals surface area (Å²) in [5.74, 6) is -0.806. The third kappa shape index (κ3) is 2.97. The van der Waals surface area contributed by atoms with E-state index in [4.69, 9.17) is 10.8 Å². The molecule has 1 aliphatic carbocycles. The van der Waals surface area contributed by atoms with Crippen LogP contribution in [0.4, 0.5) is 5.69 Å². The third-order valence-electron chi connectivity index (χ3n) is 2.85. The smallest absolute Gasteiger partial charge is 0.307 e. The number of nitrogens with two attached hydrogens (primary N) is 1. The second-order valence-electron chi connectivity index (χ2n) is 4.48. The van der Waals surface area contributed by atoms with E-state index in [1.165, 1.54) is 0 Å².